The Morgan fingerprint density at radius 1 is 1.09 bits per heavy atom. The lowest BCUT2D eigenvalue weighted by Gasteiger charge is -2.27. The lowest BCUT2D eigenvalue weighted by Crippen LogP contribution is -2.30. The van der Waals surface area contributed by atoms with Gasteiger partial charge in [0, 0.05) is 30.1 Å². The van der Waals surface area contributed by atoms with Crippen LogP contribution in [0.4, 0.5) is 5.69 Å². The number of aliphatic hydroxyl groups is 1. The molecule has 2 atom stereocenters. The van der Waals surface area contributed by atoms with Gasteiger partial charge in [-0.25, -0.2) is 0 Å². The van der Waals surface area contributed by atoms with E-state index in [0.29, 0.717) is 16.8 Å². The first-order valence-electron chi connectivity index (χ1n) is 10.9. The molecule has 0 spiro atoms. The highest BCUT2D eigenvalue weighted by Gasteiger charge is 2.47. The van der Waals surface area contributed by atoms with Crippen molar-refractivity contribution in [1.82, 2.24) is 4.98 Å². The van der Waals surface area contributed by atoms with Gasteiger partial charge in [-0.1, -0.05) is 12.1 Å². The molecule has 6 nitrogen and oxygen atoms in total. The van der Waals surface area contributed by atoms with E-state index in [1.54, 1.807) is 36.7 Å². The summed E-state index contributed by atoms with van der Waals surface area (Å²) in [6.07, 6.45) is 4.02. The van der Waals surface area contributed by atoms with Crippen molar-refractivity contribution >= 4 is 23.1 Å². The Morgan fingerprint density at radius 2 is 1.85 bits per heavy atom. The standard InChI is InChI=1S/C27H24N2O4/c1-15-5-4-6-21(17(15)3)29-24(18-9-11-28-12-10-18)23(26(31)27(29)32)25(30)19-7-8-22-20(14-19)13-16(2)33-22/h4-12,14,16,24,30H,13H2,1-3H3/b25-23-. The highest BCUT2D eigenvalue weighted by Crippen LogP contribution is 2.43. The minimum absolute atomic E-state index is 0.0593. The average molecular weight is 440 g/mol. The van der Waals surface area contributed by atoms with E-state index in [0.717, 1.165) is 28.9 Å². The van der Waals surface area contributed by atoms with Crippen molar-refractivity contribution in [3.63, 3.8) is 0 Å². The molecule has 1 amide bonds. The van der Waals surface area contributed by atoms with Crippen LogP contribution in [0, 0.1) is 13.8 Å². The number of carbonyl (C=O) groups excluding carboxylic acids is 2. The van der Waals surface area contributed by atoms with Gasteiger partial charge in [0.05, 0.1) is 11.6 Å². The van der Waals surface area contributed by atoms with Gasteiger partial charge in [0.2, 0.25) is 0 Å². The number of pyridine rings is 1. The van der Waals surface area contributed by atoms with E-state index < -0.39 is 17.7 Å². The van der Waals surface area contributed by atoms with Gasteiger partial charge < -0.3 is 9.84 Å². The molecule has 3 aromatic rings. The van der Waals surface area contributed by atoms with Gasteiger partial charge >= 0.3 is 0 Å². The highest BCUT2D eigenvalue weighted by atomic mass is 16.5. The zero-order valence-corrected chi connectivity index (χ0v) is 18.7. The van der Waals surface area contributed by atoms with Crippen LogP contribution in [0.1, 0.15) is 40.8 Å². The van der Waals surface area contributed by atoms with E-state index in [2.05, 4.69) is 4.98 Å². The molecule has 3 heterocycles. The third kappa shape index (κ3) is 3.39. The van der Waals surface area contributed by atoms with E-state index in [9.17, 15) is 14.7 Å². The quantitative estimate of drug-likeness (QED) is 0.364. The number of aliphatic hydroxyl groups excluding tert-OH is 1. The van der Waals surface area contributed by atoms with Crippen LogP contribution in [0.2, 0.25) is 0 Å². The lowest BCUT2D eigenvalue weighted by molar-refractivity contribution is -0.132. The summed E-state index contributed by atoms with van der Waals surface area (Å²) in [6, 6.07) is 13.8. The molecule has 1 saturated heterocycles. The van der Waals surface area contributed by atoms with Gasteiger partial charge in [-0.05, 0) is 79.4 Å². The number of hydrogen-bond donors (Lipinski definition) is 1. The molecule has 166 valence electrons. The number of Topliss-reactive ketones (excluding diaryl/α,β-unsaturated/α-hetero) is 1. The van der Waals surface area contributed by atoms with Crippen LogP contribution in [0.3, 0.4) is 0 Å². The number of fused-ring (bicyclic) bond motifs is 1. The molecule has 6 heteroatoms. The second-order valence-corrected chi connectivity index (χ2v) is 8.62. The number of hydrogen-bond acceptors (Lipinski definition) is 5. The molecule has 1 N–H and O–H groups in total. The first-order chi connectivity index (χ1) is 15.9. The summed E-state index contributed by atoms with van der Waals surface area (Å²) in [5, 5.41) is 11.3. The Bertz CT molecular complexity index is 1310. The number of aromatic nitrogens is 1. The molecule has 1 fully saturated rings. The van der Waals surface area contributed by atoms with Gasteiger partial charge in [0.25, 0.3) is 11.7 Å². The van der Waals surface area contributed by atoms with Crippen molar-refractivity contribution < 1.29 is 19.4 Å². The minimum atomic E-state index is -0.767. The van der Waals surface area contributed by atoms with Crippen molar-refractivity contribution in [3.8, 4) is 5.75 Å². The summed E-state index contributed by atoms with van der Waals surface area (Å²) in [5.74, 6) is -0.781. The molecule has 2 aromatic carbocycles. The molecule has 2 aliphatic heterocycles. The zero-order chi connectivity index (χ0) is 23.3. The number of amides is 1. The maximum Gasteiger partial charge on any atom is 0.300 e. The highest BCUT2D eigenvalue weighted by molar-refractivity contribution is 6.51. The summed E-state index contributed by atoms with van der Waals surface area (Å²) in [5.41, 5.74) is 4.79. The first-order valence-corrected chi connectivity index (χ1v) is 10.9. The van der Waals surface area contributed by atoms with Crippen LogP contribution in [-0.2, 0) is 16.0 Å². The van der Waals surface area contributed by atoms with Gasteiger partial charge in [0.1, 0.15) is 17.6 Å². The molecular weight excluding hydrogens is 416 g/mol. The van der Waals surface area contributed by atoms with Crippen molar-refractivity contribution in [1.29, 1.82) is 0 Å². The molecule has 33 heavy (non-hydrogen) atoms. The van der Waals surface area contributed by atoms with Crippen LogP contribution in [0.15, 0.2) is 66.5 Å². The Labute approximate surface area is 192 Å². The van der Waals surface area contributed by atoms with Gasteiger partial charge in [0.15, 0.2) is 0 Å². The molecule has 0 radical (unpaired) electrons. The Morgan fingerprint density at radius 3 is 2.61 bits per heavy atom. The van der Waals surface area contributed by atoms with Crippen molar-refractivity contribution in [3.05, 3.63) is 94.3 Å². The number of benzene rings is 2. The number of anilines is 1. The fraction of sp³-hybridized carbons (Fsp3) is 0.222. The SMILES string of the molecule is Cc1cccc(N2C(=O)C(=O)/C(=C(\O)c3ccc4c(c3)CC(C)O4)C2c2ccncc2)c1C. The van der Waals surface area contributed by atoms with Crippen LogP contribution in [0.25, 0.3) is 5.76 Å². The summed E-state index contributed by atoms with van der Waals surface area (Å²) >= 11 is 0. The Kier molecular flexibility index (Phi) is 5.01. The molecule has 2 unspecified atom stereocenters. The van der Waals surface area contributed by atoms with E-state index in [1.165, 1.54) is 4.90 Å². The van der Waals surface area contributed by atoms with Gasteiger partial charge in [-0.15, -0.1) is 0 Å². The van der Waals surface area contributed by atoms with Gasteiger partial charge in [-0.3, -0.25) is 19.5 Å². The number of aryl methyl sites for hydroxylation is 1. The van der Waals surface area contributed by atoms with Crippen molar-refractivity contribution in [2.45, 2.75) is 39.3 Å². The van der Waals surface area contributed by atoms with Crippen molar-refractivity contribution in [2.24, 2.45) is 0 Å². The third-order valence-electron chi connectivity index (χ3n) is 6.47. The molecule has 1 aromatic heterocycles. The minimum Gasteiger partial charge on any atom is -0.507 e. The summed E-state index contributed by atoms with van der Waals surface area (Å²) < 4.78 is 5.76. The summed E-state index contributed by atoms with van der Waals surface area (Å²) in [6.45, 7) is 5.87. The molecule has 2 aliphatic rings. The maximum absolute atomic E-state index is 13.3. The van der Waals surface area contributed by atoms with E-state index >= 15 is 0 Å². The number of ether oxygens (including phenoxy) is 1. The maximum atomic E-state index is 13.3. The summed E-state index contributed by atoms with van der Waals surface area (Å²) in [7, 11) is 0. The van der Waals surface area contributed by atoms with Crippen LogP contribution >= 0.6 is 0 Å². The first kappa shape index (κ1) is 20.9. The predicted octanol–water partition coefficient (Wildman–Crippen LogP) is 4.65. The topological polar surface area (TPSA) is 79.7 Å². The van der Waals surface area contributed by atoms with Crippen LogP contribution in [-0.4, -0.2) is 27.9 Å². The average Bonchev–Trinajstić information content (AvgIpc) is 3.31. The molecule has 0 bridgehead atoms. The summed E-state index contributed by atoms with van der Waals surface area (Å²) in [4.78, 5) is 32.2. The largest absolute Gasteiger partial charge is 0.507 e. The zero-order valence-electron chi connectivity index (χ0n) is 18.7. The fourth-order valence-corrected chi connectivity index (χ4v) is 4.66. The molecule has 0 aliphatic carbocycles. The fourth-order valence-electron chi connectivity index (χ4n) is 4.66. The van der Waals surface area contributed by atoms with E-state index in [-0.39, 0.29) is 17.4 Å². The van der Waals surface area contributed by atoms with Crippen molar-refractivity contribution in [2.75, 3.05) is 4.90 Å². The normalized spacial score (nSPS) is 21.2. The number of ketones is 1. The molecule has 5 rings (SSSR count). The monoisotopic (exact) mass is 440 g/mol. The van der Waals surface area contributed by atoms with E-state index in [1.807, 2.05) is 45.0 Å². The number of rotatable bonds is 3. The predicted molar refractivity (Wildman–Crippen MR) is 125 cm³/mol. The van der Waals surface area contributed by atoms with Gasteiger partial charge in [-0.2, -0.15) is 0 Å². The second-order valence-electron chi connectivity index (χ2n) is 8.62. The lowest BCUT2D eigenvalue weighted by atomic mass is 9.94. The van der Waals surface area contributed by atoms with Crippen LogP contribution < -0.4 is 9.64 Å². The second kappa shape index (κ2) is 7.89. The number of carbonyl (C=O) groups is 2. The third-order valence-corrected chi connectivity index (χ3v) is 6.47. The van der Waals surface area contributed by atoms with Crippen LogP contribution in [0.5, 0.6) is 5.75 Å². The Balaban J connectivity index is 1.71. The number of nitrogens with zero attached hydrogens (tertiary/aromatic N) is 2. The smallest absolute Gasteiger partial charge is 0.300 e. The van der Waals surface area contributed by atoms with E-state index in [4.69, 9.17) is 4.74 Å². The Hall–Kier alpha value is -3.93. The molecule has 0 saturated carbocycles. The molecular formula is C27H24N2O4.